The summed E-state index contributed by atoms with van der Waals surface area (Å²) in [6, 6.07) is 13.4. The van der Waals surface area contributed by atoms with Gasteiger partial charge in [-0.1, -0.05) is 62.7 Å². The highest BCUT2D eigenvalue weighted by Gasteiger charge is 2.30. The lowest BCUT2D eigenvalue weighted by molar-refractivity contribution is -0.198. The Kier molecular flexibility index (Phi) is 11.5. The number of benzene rings is 2. The summed E-state index contributed by atoms with van der Waals surface area (Å²) < 4.78 is 19.8. The molecule has 2 amide bonds. The fraction of sp³-hybridized carbons (Fsp3) is 0.417. The monoisotopic (exact) mass is 690 g/mol. The molecule has 2 aliphatic heterocycles. The molecule has 3 aromatic rings. The molecule has 2 N–H and O–H groups in total. The number of hydroxylamine groups is 1. The van der Waals surface area contributed by atoms with Gasteiger partial charge in [0.1, 0.15) is 11.9 Å². The maximum atomic E-state index is 14.3. The lowest BCUT2D eigenvalue weighted by Crippen LogP contribution is -2.47. The fourth-order valence-corrected chi connectivity index (χ4v) is 6.20. The quantitative estimate of drug-likeness (QED) is 0.180. The third-order valence-corrected chi connectivity index (χ3v) is 8.93. The highest BCUT2D eigenvalue weighted by molar-refractivity contribution is 6.32. The fourth-order valence-electron chi connectivity index (χ4n) is 6.00. The largest absolute Gasteiger partial charge is 0.465 e. The SMILES string of the molecule is CC(C)(C)C(=CC(=O)NOC1CCCCO1)c1ccc(CN(C(=O)O)C2CCN(c3ncc(Cl)c(-c4ccc(C#N)c(F)c4)n3)CC2)cc1. The highest BCUT2D eigenvalue weighted by Crippen LogP contribution is 2.35. The topological polar surface area (TPSA) is 141 Å². The van der Waals surface area contributed by atoms with Crippen molar-refractivity contribution in [2.75, 3.05) is 24.6 Å². The van der Waals surface area contributed by atoms with Crippen LogP contribution in [0.25, 0.3) is 16.8 Å². The molecule has 11 nitrogen and oxygen atoms in total. The van der Waals surface area contributed by atoms with Gasteiger partial charge in [0.25, 0.3) is 5.91 Å². The molecule has 2 aromatic carbocycles. The number of nitrogens with one attached hydrogen (secondary N) is 1. The number of ether oxygens (including phenoxy) is 1. The van der Waals surface area contributed by atoms with Crippen molar-refractivity contribution < 1.29 is 28.7 Å². The van der Waals surface area contributed by atoms with Crippen LogP contribution >= 0.6 is 11.6 Å². The molecule has 258 valence electrons. The molecular formula is C36H40ClFN6O5. The number of rotatable bonds is 9. The van der Waals surface area contributed by atoms with Gasteiger partial charge < -0.3 is 19.6 Å². The van der Waals surface area contributed by atoms with Crippen LogP contribution in [-0.2, 0) is 20.9 Å². The van der Waals surface area contributed by atoms with Crippen LogP contribution in [0.15, 0.2) is 54.7 Å². The Morgan fingerprint density at radius 1 is 1.18 bits per heavy atom. The summed E-state index contributed by atoms with van der Waals surface area (Å²) in [5, 5.41) is 19.5. The highest BCUT2D eigenvalue weighted by atomic mass is 35.5. The van der Waals surface area contributed by atoms with E-state index in [1.165, 1.54) is 29.3 Å². The number of amides is 2. The minimum atomic E-state index is -1.01. The zero-order chi connectivity index (χ0) is 35.1. The summed E-state index contributed by atoms with van der Waals surface area (Å²) in [7, 11) is 0. The summed E-state index contributed by atoms with van der Waals surface area (Å²) >= 11 is 6.35. The van der Waals surface area contributed by atoms with Crippen LogP contribution in [0.3, 0.4) is 0 Å². The van der Waals surface area contributed by atoms with Crippen molar-refractivity contribution in [1.29, 1.82) is 5.26 Å². The van der Waals surface area contributed by atoms with Gasteiger partial charge in [-0.05, 0) is 59.9 Å². The van der Waals surface area contributed by atoms with E-state index in [1.807, 2.05) is 49.9 Å². The zero-order valence-electron chi connectivity index (χ0n) is 27.8. The lowest BCUT2D eigenvalue weighted by Gasteiger charge is -2.37. The molecule has 0 aliphatic carbocycles. The Morgan fingerprint density at radius 2 is 1.92 bits per heavy atom. The van der Waals surface area contributed by atoms with Gasteiger partial charge in [-0.3, -0.25) is 4.79 Å². The van der Waals surface area contributed by atoms with Gasteiger partial charge in [-0.2, -0.15) is 5.26 Å². The van der Waals surface area contributed by atoms with E-state index in [-0.39, 0.29) is 34.5 Å². The Morgan fingerprint density at radius 3 is 2.53 bits per heavy atom. The van der Waals surface area contributed by atoms with E-state index in [9.17, 15) is 19.1 Å². The van der Waals surface area contributed by atoms with Gasteiger partial charge in [-0.15, -0.1) is 0 Å². The number of nitrogens with zero attached hydrogens (tertiary/aromatic N) is 5. The number of nitriles is 1. The molecular weight excluding hydrogens is 651 g/mol. The Bertz CT molecular complexity index is 1730. The van der Waals surface area contributed by atoms with Gasteiger partial charge >= 0.3 is 6.09 Å². The van der Waals surface area contributed by atoms with E-state index in [4.69, 9.17) is 26.4 Å². The van der Waals surface area contributed by atoms with Crippen LogP contribution in [0.5, 0.6) is 0 Å². The van der Waals surface area contributed by atoms with Crippen molar-refractivity contribution in [3.05, 3.63) is 82.3 Å². The maximum absolute atomic E-state index is 14.3. The van der Waals surface area contributed by atoms with Crippen molar-refractivity contribution in [1.82, 2.24) is 20.3 Å². The molecule has 2 saturated heterocycles. The van der Waals surface area contributed by atoms with Gasteiger partial charge in [0, 0.05) is 50.3 Å². The summed E-state index contributed by atoms with van der Waals surface area (Å²) in [4.78, 5) is 43.0. The second-order valence-electron chi connectivity index (χ2n) is 13.2. The van der Waals surface area contributed by atoms with Crippen LogP contribution < -0.4 is 10.4 Å². The third-order valence-electron chi connectivity index (χ3n) is 8.66. The molecule has 0 radical (unpaired) electrons. The molecule has 1 unspecified atom stereocenters. The number of anilines is 1. The number of hydrogen-bond acceptors (Lipinski definition) is 8. The first-order chi connectivity index (χ1) is 23.4. The average Bonchev–Trinajstić information content (AvgIpc) is 3.09. The average molecular weight is 691 g/mol. The molecule has 49 heavy (non-hydrogen) atoms. The lowest BCUT2D eigenvalue weighted by atomic mass is 9.81. The number of hydrogen-bond donors (Lipinski definition) is 2. The van der Waals surface area contributed by atoms with E-state index < -0.39 is 18.2 Å². The molecule has 1 atom stereocenters. The first-order valence-corrected chi connectivity index (χ1v) is 16.7. The number of carbonyl (C=O) groups excluding carboxylic acids is 1. The smallest absolute Gasteiger partial charge is 0.407 e. The maximum Gasteiger partial charge on any atom is 0.407 e. The van der Waals surface area contributed by atoms with Crippen molar-refractivity contribution in [2.45, 2.75) is 71.8 Å². The molecule has 0 saturated carbocycles. The van der Waals surface area contributed by atoms with Crippen molar-refractivity contribution >= 4 is 35.1 Å². The third kappa shape index (κ3) is 9.12. The molecule has 2 fully saturated rings. The number of piperidine rings is 1. The predicted molar refractivity (Wildman–Crippen MR) is 183 cm³/mol. The van der Waals surface area contributed by atoms with Gasteiger partial charge in [0.2, 0.25) is 5.95 Å². The number of aromatic nitrogens is 2. The second kappa shape index (κ2) is 15.8. The number of carboxylic acid groups (broad SMARTS) is 1. The molecule has 13 heteroatoms. The van der Waals surface area contributed by atoms with Crippen molar-refractivity contribution in [3.8, 4) is 17.3 Å². The molecule has 3 heterocycles. The van der Waals surface area contributed by atoms with Gasteiger partial charge in [0.05, 0.1) is 22.5 Å². The first kappa shape index (κ1) is 35.7. The molecule has 2 aliphatic rings. The predicted octanol–water partition coefficient (Wildman–Crippen LogP) is 6.96. The number of allylic oxidation sites excluding steroid dienone is 1. The van der Waals surface area contributed by atoms with E-state index >= 15 is 0 Å². The summed E-state index contributed by atoms with van der Waals surface area (Å²) in [5.74, 6) is -0.634. The van der Waals surface area contributed by atoms with Gasteiger partial charge in [0.15, 0.2) is 6.29 Å². The number of carbonyl (C=O) groups is 2. The summed E-state index contributed by atoms with van der Waals surface area (Å²) in [6.45, 7) is 7.89. The van der Waals surface area contributed by atoms with E-state index in [2.05, 4.69) is 15.4 Å². The second-order valence-corrected chi connectivity index (χ2v) is 13.6. The van der Waals surface area contributed by atoms with E-state index in [0.717, 1.165) is 36.0 Å². The standard InChI is InChI=1S/C36H40ClFN6O5/c1-36(2,3)28(19-31(45)42-49-32-6-4-5-17-48-32)24-9-7-23(8-10-24)22-44(35(46)47)27-13-15-43(16-14-27)34-40-21-29(37)33(41-34)25-11-12-26(20-39)30(38)18-25/h7-12,18-19,21,27,32H,4-6,13-17,22H2,1-3H3,(H,42,45)(H,46,47). The van der Waals surface area contributed by atoms with Crippen LogP contribution in [0, 0.1) is 22.6 Å². The van der Waals surface area contributed by atoms with Crippen LogP contribution in [0.4, 0.5) is 15.1 Å². The van der Waals surface area contributed by atoms with Crippen molar-refractivity contribution in [2.24, 2.45) is 5.41 Å². The Hall–Kier alpha value is -4.57. The van der Waals surface area contributed by atoms with Crippen molar-refractivity contribution in [3.63, 3.8) is 0 Å². The zero-order valence-corrected chi connectivity index (χ0v) is 28.5. The van der Waals surface area contributed by atoms with Crippen LogP contribution in [0.2, 0.25) is 5.02 Å². The minimum absolute atomic E-state index is 0.0716. The molecule has 1 aromatic heterocycles. The van der Waals surface area contributed by atoms with E-state index in [1.54, 1.807) is 12.1 Å². The summed E-state index contributed by atoms with van der Waals surface area (Å²) in [5.41, 5.74) is 5.32. The molecule has 0 spiro atoms. The Balaban J connectivity index is 1.22. The van der Waals surface area contributed by atoms with E-state index in [0.29, 0.717) is 49.7 Å². The first-order valence-electron chi connectivity index (χ1n) is 16.3. The molecule has 5 rings (SSSR count). The summed E-state index contributed by atoms with van der Waals surface area (Å²) in [6.07, 6.45) is 5.34. The molecule has 0 bridgehead atoms. The number of halogens is 2. The van der Waals surface area contributed by atoms with Gasteiger partial charge in [-0.25, -0.2) is 29.5 Å². The Labute approximate surface area is 290 Å². The normalized spacial score (nSPS) is 17.3. The van der Waals surface area contributed by atoms with Crippen LogP contribution in [0.1, 0.15) is 69.6 Å². The van der Waals surface area contributed by atoms with Crippen LogP contribution in [-0.4, -0.2) is 64.0 Å². The minimum Gasteiger partial charge on any atom is -0.465 e.